The van der Waals surface area contributed by atoms with E-state index in [1.54, 1.807) is 26.5 Å². The Morgan fingerprint density at radius 3 is 2.65 bits per heavy atom. The summed E-state index contributed by atoms with van der Waals surface area (Å²) in [7, 11) is 3.12. The van der Waals surface area contributed by atoms with Gasteiger partial charge in [-0.05, 0) is 40.0 Å². The molecule has 0 aromatic heterocycles. The zero-order chi connectivity index (χ0) is 12.8. The number of aliphatic imine (C=N–C) groups is 1. The summed E-state index contributed by atoms with van der Waals surface area (Å²) in [4.78, 5) is 4.20. The second-order valence-corrected chi connectivity index (χ2v) is 4.26. The lowest BCUT2D eigenvalue weighted by molar-refractivity contribution is -0.0936. The van der Waals surface area contributed by atoms with Gasteiger partial charge in [0.15, 0.2) is 6.29 Å². The van der Waals surface area contributed by atoms with E-state index in [2.05, 4.69) is 20.9 Å². The Kier molecular flexibility index (Phi) is 5.74. The molecular weight excluding hydrogens is 289 g/mol. The van der Waals surface area contributed by atoms with Crippen LogP contribution in [0.25, 0.3) is 0 Å². The van der Waals surface area contributed by atoms with E-state index >= 15 is 0 Å². The van der Waals surface area contributed by atoms with Crippen molar-refractivity contribution in [1.29, 1.82) is 0 Å². The van der Waals surface area contributed by atoms with Gasteiger partial charge in [-0.3, -0.25) is 4.99 Å². The highest BCUT2D eigenvalue weighted by Crippen LogP contribution is 2.22. The lowest BCUT2D eigenvalue weighted by Crippen LogP contribution is -2.16. The average Bonchev–Trinajstić information content (AvgIpc) is 2.34. The molecule has 5 heteroatoms. The molecule has 17 heavy (non-hydrogen) atoms. The molecule has 0 radical (unpaired) electrons. The normalized spacial score (nSPS) is 11.6. The number of rotatable bonds is 5. The van der Waals surface area contributed by atoms with Gasteiger partial charge < -0.3 is 9.47 Å². The SMILES string of the molecule is COC(C/N=C/c1ccc(F)c(Br)c1C)OC. The zero-order valence-electron chi connectivity index (χ0n) is 10.0. The first kappa shape index (κ1) is 14.3. The van der Waals surface area contributed by atoms with Gasteiger partial charge in [0.2, 0.25) is 0 Å². The van der Waals surface area contributed by atoms with Crippen LogP contribution in [0.15, 0.2) is 21.6 Å². The smallest absolute Gasteiger partial charge is 0.176 e. The maximum absolute atomic E-state index is 13.2. The number of ether oxygens (including phenoxy) is 2. The van der Waals surface area contributed by atoms with Crippen molar-refractivity contribution in [3.63, 3.8) is 0 Å². The van der Waals surface area contributed by atoms with E-state index in [1.165, 1.54) is 6.07 Å². The van der Waals surface area contributed by atoms with Crippen molar-refractivity contribution in [2.45, 2.75) is 13.2 Å². The van der Waals surface area contributed by atoms with Crippen molar-refractivity contribution in [2.24, 2.45) is 4.99 Å². The number of nitrogens with zero attached hydrogens (tertiary/aromatic N) is 1. The zero-order valence-corrected chi connectivity index (χ0v) is 11.6. The van der Waals surface area contributed by atoms with Crippen LogP contribution in [-0.2, 0) is 9.47 Å². The van der Waals surface area contributed by atoms with Crippen molar-refractivity contribution in [2.75, 3.05) is 20.8 Å². The molecule has 0 spiro atoms. The summed E-state index contributed by atoms with van der Waals surface area (Å²) in [6, 6.07) is 3.09. The highest BCUT2D eigenvalue weighted by Gasteiger charge is 2.06. The molecule has 1 aromatic carbocycles. The van der Waals surface area contributed by atoms with Crippen LogP contribution < -0.4 is 0 Å². The molecule has 0 aliphatic heterocycles. The third-order valence-corrected chi connectivity index (χ3v) is 3.37. The summed E-state index contributed by atoms with van der Waals surface area (Å²) in [5, 5.41) is 0. The highest BCUT2D eigenvalue weighted by molar-refractivity contribution is 9.10. The lowest BCUT2D eigenvalue weighted by Gasteiger charge is -2.09. The minimum atomic E-state index is -0.351. The molecule has 0 amide bonds. The van der Waals surface area contributed by atoms with E-state index in [1.807, 2.05) is 6.92 Å². The van der Waals surface area contributed by atoms with E-state index in [4.69, 9.17) is 9.47 Å². The standard InChI is InChI=1S/C12H15BrFNO2/c1-8-9(4-5-10(14)12(8)13)6-15-7-11(16-2)17-3/h4-6,11H,7H2,1-3H3/b15-6+. The third-order valence-electron chi connectivity index (χ3n) is 2.39. The topological polar surface area (TPSA) is 30.8 Å². The Bertz CT molecular complexity index is 406. The van der Waals surface area contributed by atoms with E-state index in [0.29, 0.717) is 11.0 Å². The van der Waals surface area contributed by atoms with Crippen LogP contribution in [0.1, 0.15) is 11.1 Å². The molecule has 0 saturated heterocycles. The third kappa shape index (κ3) is 3.87. The Morgan fingerprint density at radius 2 is 2.06 bits per heavy atom. The first-order valence-electron chi connectivity index (χ1n) is 5.10. The van der Waals surface area contributed by atoms with Crippen molar-refractivity contribution in [3.05, 3.63) is 33.5 Å². The van der Waals surface area contributed by atoms with Gasteiger partial charge in [0, 0.05) is 20.4 Å². The molecule has 1 rings (SSSR count). The Hall–Kier alpha value is -0.780. The fraction of sp³-hybridized carbons (Fsp3) is 0.417. The largest absolute Gasteiger partial charge is 0.354 e. The first-order valence-corrected chi connectivity index (χ1v) is 5.89. The summed E-state index contributed by atoms with van der Waals surface area (Å²) in [6.07, 6.45) is 1.33. The molecule has 0 aliphatic carbocycles. The van der Waals surface area contributed by atoms with Crippen LogP contribution in [0.3, 0.4) is 0 Å². The monoisotopic (exact) mass is 303 g/mol. The van der Waals surface area contributed by atoms with Crippen LogP contribution in [0.5, 0.6) is 0 Å². The summed E-state index contributed by atoms with van der Waals surface area (Å²) in [5.41, 5.74) is 1.68. The Labute approximate surface area is 109 Å². The van der Waals surface area contributed by atoms with Crippen LogP contribution in [-0.4, -0.2) is 33.3 Å². The molecule has 3 nitrogen and oxygen atoms in total. The van der Waals surface area contributed by atoms with Crippen molar-refractivity contribution >= 4 is 22.1 Å². The summed E-state index contributed by atoms with van der Waals surface area (Å²) in [5.74, 6) is -0.272. The molecule has 0 unspecified atom stereocenters. The van der Waals surface area contributed by atoms with Crippen LogP contribution >= 0.6 is 15.9 Å². The van der Waals surface area contributed by atoms with Gasteiger partial charge in [0.25, 0.3) is 0 Å². The molecule has 0 N–H and O–H groups in total. The Morgan fingerprint density at radius 1 is 1.41 bits per heavy atom. The summed E-state index contributed by atoms with van der Waals surface area (Å²) < 4.78 is 23.7. The number of benzene rings is 1. The van der Waals surface area contributed by atoms with Gasteiger partial charge in [-0.15, -0.1) is 0 Å². The molecule has 0 aliphatic rings. The minimum absolute atomic E-state index is 0.272. The summed E-state index contributed by atoms with van der Waals surface area (Å²) >= 11 is 3.19. The van der Waals surface area contributed by atoms with Gasteiger partial charge >= 0.3 is 0 Å². The molecule has 0 heterocycles. The van der Waals surface area contributed by atoms with Gasteiger partial charge in [0.1, 0.15) is 5.82 Å². The molecule has 0 bridgehead atoms. The predicted molar refractivity (Wildman–Crippen MR) is 69.1 cm³/mol. The van der Waals surface area contributed by atoms with E-state index < -0.39 is 0 Å². The molecule has 0 saturated carbocycles. The second kappa shape index (κ2) is 6.83. The highest BCUT2D eigenvalue weighted by atomic mass is 79.9. The second-order valence-electron chi connectivity index (χ2n) is 3.47. The minimum Gasteiger partial charge on any atom is -0.354 e. The lowest BCUT2D eigenvalue weighted by atomic mass is 10.1. The molecule has 0 fully saturated rings. The van der Waals surface area contributed by atoms with E-state index in [-0.39, 0.29) is 12.1 Å². The molecule has 0 atom stereocenters. The predicted octanol–water partition coefficient (Wildman–Crippen LogP) is 2.93. The molecule has 1 aromatic rings. The maximum Gasteiger partial charge on any atom is 0.176 e. The van der Waals surface area contributed by atoms with Gasteiger partial charge in [-0.1, -0.05) is 6.07 Å². The fourth-order valence-electron chi connectivity index (χ4n) is 1.29. The quantitative estimate of drug-likeness (QED) is 0.618. The number of halogens is 2. The van der Waals surface area contributed by atoms with Crippen molar-refractivity contribution < 1.29 is 13.9 Å². The van der Waals surface area contributed by atoms with Crippen LogP contribution in [0.2, 0.25) is 0 Å². The molecule has 94 valence electrons. The van der Waals surface area contributed by atoms with Crippen LogP contribution in [0.4, 0.5) is 4.39 Å². The molecular formula is C12H15BrFNO2. The van der Waals surface area contributed by atoms with Crippen molar-refractivity contribution in [3.8, 4) is 0 Å². The van der Waals surface area contributed by atoms with Crippen LogP contribution in [0, 0.1) is 12.7 Å². The van der Waals surface area contributed by atoms with Crippen molar-refractivity contribution in [1.82, 2.24) is 0 Å². The first-order chi connectivity index (χ1) is 8.10. The van der Waals surface area contributed by atoms with Gasteiger partial charge in [-0.2, -0.15) is 0 Å². The number of methoxy groups -OCH3 is 2. The number of hydrogen-bond acceptors (Lipinski definition) is 3. The van der Waals surface area contributed by atoms with Gasteiger partial charge in [-0.25, -0.2) is 4.39 Å². The van der Waals surface area contributed by atoms with Gasteiger partial charge in [0.05, 0.1) is 11.0 Å². The number of hydrogen-bond donors (Lipinski definition) is 0. The van der Waals surface area contributed by atoms with E-state index in [0.717, 1.165) is 11.1 Å². The fourth-order valence-corrected chi connectivity index (χ4v) is 1.65. The van der Waals surface area contributed by atoms with E-state index in [9.17, 15) is 4.39 Å². The summed E-state index contributed by atoms with van der Waals surface area (Å²) in [6.45, 7) is 2.24. The Balaban J connectivity index is 2.75. The maximum atomic E-state index is 13.2. The average molecular weight is 304 g/mol.